The number of rotatable bonds is 2. The van der Waals surface area contributed by atoms with E-state index >= 15 is 0 Å². The molecule has 1 aliphatic rings. The van der Waals surface area contributed by atoms with Crippen LogP contribution in [0.1, 0.15) is 45.7 Å². The summed E-state index contributed by atoms with van der Waals surface area (Å²) in [7, 11) is 1.80. The molecular weight excluding hydrogens is 288 g/mol. The van der Waals surface area contributed by atoms with Crippen molar-refractivity contribution in [3.05, 3.63) is 34.4 Å². The number of imidazole rings is 1. The Morgan fingerprint density at radius 2 is 2.09 bits per heavy atom. The number of hydrogen-bond donors (Lipinski definition) is 1. The smallest absolute Gasteiger partial charge is 0.327 e. The molecule has 1 aliphatic carbocycles. The molecule has 124 valence electrons. The molecule has 2 aromatic rings. The molecule has 0 saturated heterocycles. The van der Waals surface area contributed by atoms with Gasteiger partial charge in [0.15, 0.2) is 5.65 Å². The molecule has 23 heavy (non-hydrogen) atoms. The highest BCUT2D eigenvalue weighted by Crippen LogP contribution is 2.27. The molecule has 5 nitrogen and oxygen atoms in total. The quantitative estimate of drug-likeness (QED) is 0.927. The van der Waals surface area contributed by atoms with Crippen LogP contribution >= 0.6 is 0 Å². The molecule has 0 saturated carbocycles. The van der Waals surface area contributed by atoms with Gasteiger partial charge in [0.1, 0.15) is 0 Å². The lowest BCUT2D eigenvalue weighted by molar-refractivity contribution is 0.342. The monoisotopic (exact) mass is 314 g/mol. The molecule has 0 aliphatic heterocycles. The number of nitrogens with zero attached hydrogens (tertiary/aromatic N) is 3. The van der Waals surface area contributed by atoms with Crippen molar-refractivity contribution in [2.45, 2.75) is 52.6 Å². The van der Waals surface area contributed by atoms with Crippen molar-refractivity contribution in [3.63, 3.8) is 0 Å². The van der Waals surface area contributed by atoms with Crippen molar-refractivity contribution < 1.29 is 0 Å². The maximum Gasteiger partial charge on any atom is 0.330 e. The van der Waals surface area contributed by atoms with Gasteiger partial charge in [0.05, 0.1) is 11.2 Å². The number of aromatic nitrogens is 3. The first kappa shape index (κ1) is 16.0. The van der Waals surface area contributed by atoms with Crippen LogP contribution in [0.4, 0.5) is 0 Å². The van der Waals surface area contributed by atoms with Crippen LogP contribution in [0.25, 0.3) is 16.7 Å². The average Bonchev–Trinajstić information content (AvgIpc) is 2.71. The average molecular weight is 314 g/mol. The van der Waals surface area contributed by atoms with E-state index in [1.807, 2.05) is 16.7 Å². The molecular formula is C18H26N4O. The highest BCUT2D eigenvalue weighted by molar-refractivity contribution is 5.76. The second kappa shape index (κ2) is 5.64. The molecule has 0 aromatic carbocycles. The minimum absolute atomic E-state index is 0.000721. The van der Waals surface area contributed by atoms with Crippen molar-refractivity contribution in [2.75, 3.05) is 0 Å². The summed E-state index contributed by atoms with van der Waals surface area (Å²) in [5.41, 5.74) is 9.87. The van der Waals surface area contributed by atoms with E-state index in [-0.39, 0.29) is 17.1 Å². The number of fused-ring (bicyclic) bond motifs is 1. The zero-order valence-corrected chi connectivity index (χ0v) is 14.5. The van der Waals surface area contributed by atoms with Gasteiger partial charge in [-0.05, 0) is 42.4 Å². The zero-order chi connectivity index (χ0) is 16.8. The van der Waals surface area contributed by atoms with Crippen molar-refractivity contribution >= 4 is 16.7 Å². The fraction of sp³-hybridized carbons (Fsp3) is 0.556. The second-order valence-corrected chi connectivity index (χ2v) is 7.79. The highest BCUT2D eigenvalue weighted by Gasteiger charge is 2.19. The Morgan fingerprint density at radius 3 is 2.70 bits per heavy atom. The molecule has 0 spiro atoms. The predicted molar refractivity (Wildman–Crippen MR) is 94.2 cm³/mol. The third kappa shape index (κ3) is 3.11. The van der Waals surface area contributed by atoms with E-state index < -0.39 is 0 Å². The number of hydrogen-bond acceptors (Lipinski definition) is 3. The number of aryl methyl sites for hydroxylation is 1. The van der Waals surface area contributed by atoms with E-state index in [1.54, 1.807) is 11.6 Å². The lowest BCUT2D eigenvalue weighted by Crippen LogP contribution is -2.27. The molecule has 3 rings (SSSR count). The van der Waals surface area contributed by atoms with Crippen molar-refractivity contribution in [3.8, 4) is 0 Å². The van der Waals surface area contributed by atoms with Gasteiger partial charge in [0.2, 0.25) is 0 Å². The normalized spacial score (nSPS) is 19.2. The number of allylic oxidation sites excluding steroid dienone is 1. The lowest BCUT2D eigenvalue weighted by atomic mass is 9.93. The summed E-state index contributed by atoms with van der Waals surface area (Å²) >= 11 is 0. The zero-order valence-electron chi connectivity index (χ0n) is 14.5. The van der Waals surface area contributed by atoms with Crippen LogP contribution in [0.5, 0.6) is 0 Å². The Kier molecular flexibility index (Phi) is 3.92. The molecule has 0 amide bonds. The van der Waals surface area contributed by atoms with Gasteiger partial charge in [-0.3, -0.25) is 9.13 Å². The third-order valence-electron chi connectivity index (χ3n) is 4.39. The van der Waals surface area contributed by atoms with Gasteiger partial charge >= 0.3 is 5.69 Å². The fourth-order valence-electron chi connectivity index (χ4n) is 3.17. The first-order valence-corrected chi connectivity index (χ1v) is 8.27. The van der Waals surface area contributed by atoms with Gasteiger partial charge in [0.25, 0.3) is 0 Å². The van der Waals surface area contributed by atoms with Gasteiger partial charge in [-0.1, -0.05) is 26.8 Å². The molecule has 0 fully saturated rings. The summed E-state index contributed by atoms with van der Waals surface area (Å²) in [6.45, 7) is 7.09. The summed E-state index contributed by atoms with van der Waals surface area (Å²) < 4.78 is 3.48. The molecule has 0 radical (unpaired) electrons. The Morgan fingerprint density at radius 1 is 1.35 bits per heavy atom. The van der Waals surface area contributed by atoms with Crippen LogP contribution in [0.2, 0.25) is 0 Å². The fourth-order valence-corrected chi connectivity index (χ4v) is 3.17. The standard InChI is InChI=1S/C18H26N4O/c1-18(2,3)11-22-15-10-9-14(12-5-7-13(19)8-6-12)20-16(15)21(4)17(22)23/h5,9-10,13H,6-8,11,19H2,1-4H3. The van der Waals surface area contributed by atoms with Crippen LogP contribution in [0.15, 0.2) is 23.0 Å². The number of nitrogens with two attached hydrogens (primary N) is 1. The van der Waals surface area contributed by atoms with Crippen molar-refractivity contribution in [2.24, 2.45) is 18.2 Å². The summed E-state index contributed by atoms with van der Waals surface area (Å²) in [6, 6.07) is 4.32. The minimum Gasteiger partial charge on any atom is -0.327 e. The van der Waals surface area contributed by atoms with Gasteiger partial charge in [-0.15, -0.1) is 0 Å². The topological polar surface area (TPSA) is 65.8 Å². The molecule has 1 unspecified atom stereocenters. The van der Waals surface area contributed by atoms with Crippen LogP contribution in [0.3, 0.4) is 0 Å². The molecule has 5 heteroatoms. The van der Waals surface area contributed by atoms with Gasteiger partial charge in [-0.2, -0.15) is 0 Å². The highest BCUT2D eigenvalue weighted by atomic mass is 16.1. The summed E-state index contributed by atoms with van der Waals surface area (Å²) in [4.78, 5) is 17.3. The molecule has 2 heterocycles. The predicted octanol–water partition coefficient (Wildman–Crippen LogP) is 2.68. The van der Waals surface area contributed by atoms with E-state index in [1.165, 1.54) is 5.57 Å². The lowest BCUT2D eigenvalue weighted by Gasteiger charge is -2.19. The molecule has 2 N–H and O–H groups in total. The number of pyridine rings is 1. The van der Waals surface area contributed by atoms with Crippen LogP contribution < -0.4 is 11.4 Å². The van der Waals surface area contributed by atoms with E-state index in [0.29, 0.717) is 6.54 Å². The Bertz CT molecular complexity index is 820. The molecule has 1 atom stereocenters. The maximum atomic E-state index is 12.6. The van der Waals surface area contributed by atoms with Gasteiger partial charge in [0, 0.05) is 19.6 Å². The van der Waals surface area contributed by atoms with E-state index in [2.05, 4.69) is 26.8 Å². The van der Waals surface area contributed by atoms with E-state index in [9.17, 15) is 4.79 Å². The first-order valence-electron chi connectivity index (χ1n) is 8.27. The third-order valence-corrected chi connectivity index (χ3v) is 4.39. The van der Waals surface area contributed by atoms with Gasteiger partial charge in [-0.25, -0.2) is 9.78 Å². The van der Waals surface area contributed by atoms with Crippen LogP contribution in [-0.4, -0.2) is 20.2 Å². The largest absolute Gasteiger partial charge is 0.330 e. The molecule has 2 aromatic heterocycles. The summed E-state index contributed by atoms with van der Waals surface area (Å²) in [6.07, 6.45) is 5.04. The minimum atomic E-state index is -0.000721. The molecule has 0 bridgehead atoms. The Labute approximate surface area is 136 Å². The van der Waals surface area contributed by atoms with Gasteiger partial charge < -0.3 is 5.73 Å². The maximum absolute atomic E-state index is 12.6. The second-order valence-electron chi connectivity index (χ2n) is 7.79. The Hall–Kier alpha value is -1.88. The summed E-state index contributed by atoms with van der Waals surface area (Å²) in [5, 5.41) is 0. The Balaban J connectivity index is 2.08. The van der Waals surface area contributed by atoms with Crippen molar-refractivity contribution in [1.29, 1.82) is 0 Å². The van der Waals surface area contributed by atoms with E-state index in [0.717, 1.165) is 36.1 Å². The van der Waals surface area contributed by atoms with E-state index in [4.69, 9.17) is 10.7 Å². The van der Waals surface area contributed by atoms with Crippen LogP contribution in [0, 0.1) is 5.41 Å². The first-order chi connectivity index (χ1) is 10.8. The SMILES string of the molecule is Cn1c(=O)n(CC(C)(C)C)c2ccc(C3=CCC(N)CC3)nc21. The van der Waals surface area contributed by atoms with Crippen LogP contribution in [-0.2, 0) is 13.6 Å². The van der Waals surface area contributed by atoms with Crippen molar-refractivity contribution in [1.82, 2.24) is 14.1 Å². The summed E-state index contributed by atoms with van der Waals surface area (Å²) in [5.74, 6) is 0.